The zero-order valence-electron chi connectivity index (χ0n) is 13.4. The normalized spacial score (nSPS) is 11.0. The van der Waals surface area contributed by atoms with Gasteiger partial charge in [0.15, 0.2) is 5.96 Å². The number of ether oxygens (including phenoxy) is 1. The van der Waals surface area contributed by atoms with E-state index < -0.39 is 0 Å². The van der Waals surface area contributed by atoms with Crippen molar-refractivity contribution in [2.75, 3.05) is 26.8 Å². The molecule has 0 amide bonds. The topological polar surface area (TPSA) is 45.6 Å². The second kappa shape index (κ2) is 14.1. The second-order valence-corrected chi connectivity index (χ2v) is 5.24. The van der Waals surface area contributed by atoms with Crippen molar-refractivity contribution in [2.45, 2.75) is 32.7 Å². The van der Waals surface area contributed by atoms with Crippen molar-refractivity contribution < 1.29 is 4.74 Å². The molecule has 1 aromatic carbocycles. The molecule has 1 rings (SSSR count). The Balaban J connectivity index is 0.00000441. The van der Waals surface area contributed by atoms with E-state index in [1.54, 1.807) is 7.05 Å². The minimum atomic E-state index is 0. The summed E-state index contributed by atoms with van der Waals surface area (Å²) in [6.07, 6.45) is 3.29. The number of nitrogens with zero attached hydrogens (tertiary/aromatic N) is 1. The average Bonchev–Trinajstić information content (AvgIpc) is 2.49. The fourth-order valence-corrected chi connectivity index (χ4v) is 2.00. The van der Waals surface area contributed by atoms with Crippen LogP contribution in [-0.4, -0.2) is 32.8 Å². The summed E-state index contributed by atoms with van der Waals surface area (Å²) in [4.78, 5) is 4.19. The third kappa shape index (κ3) is 10.2. The summed E-state index contributed by atoms with van der Waals surface area (Å²) < 4.78 is 5.52. The molecular weight excluding hydrogens is 413 g/mol. The predicted molar refractivity (Wildman–Crippen MR) is 105 cm³/mol. The van der Waals surface area contributed by atoms with Gasteiger partial charge < -0.3 is 15.4 Å². The lowest BCUT2D eigenvalue weighted by Crippen LogP contribution is -2.37. The van der Waals surface area contributed by atoms with E-state index in [9.17, 15) is 0 Å². The standard InChI is InChI=1S/C16H26ClN3O.HI/c1-3-4-10-21-11-6-9-19-16(18-2)20-13-14-7-5-8-15(17)12-14;/h5,7-8,12H,3-4,6,9-11,13H2,1-2H3,(H2,18,19,20);1H. The van der Waals surface area contributed by atoms with Crippen LogP contribution in [0.5, 0.6) is 0 Å². The van der Waals surface area contributed by atoms with Crippen LogP contribution in [0, 0.1) is 0 Å². The van der Waals surface area contributed by atoms with E-state index in [4.69, 9.17) is 16.3 Å². The van der Waals surface area contributed by atoms with Crippen molar-refractivity contribution in [3.8, 4) is 0 Å². The molecule has 0 aliphatic rings. The third-order valence-corrected chi connectivity index (χ3v) is 3.21. The zero-order valence-corrected chi connectivity index (χ0v) is 16.5. The SMILES string of the molecule is CCCCOCCCNC(=NC)NCc1cccc(Cl)c1.I. The van der Waals surface area contributed by atoms with Gasteiger partial charge in [0, 0.05) is 38.4 Å². The van der Waals surface area contributed by atoms with Crippen molar-refractivity contribution in [3.05, 3.63) is 34.9 Å². The summed E-state index contributed by atoms with van der Waals surface area (Å²) in [5.74, 6) is 0.795. The second-order valence-electron chi connectivity index (χ2n) is 4.80. The number of benzene rings is 1. The van der Waals surface area contributed by atoms with Crippen LogP contribution in [0.4, 0.5) is 0 Å². The molecule has 0 saturated heterocycles. The summed E-state index contributed by atoms with van der Waals surface area (Å²) in [5, 5.41) is 7.29. The van der Waals surface area contributed by atoms with Crippen molar-refractivity contribution in [1.82, 2.24) is 10.6 Å². The van der Waals surface area contributed by atoms with Crippen LogP contribution in [0.15, 0.2) is 29.3 Å². The van der Waals surface area contributed by atoms with E-state index in [0.717, 1.165) is 49.1 Å². The van der Waals surface area contributed by atoms with Gasteiger partial charge in [0.1, 0.15) is 0 Å². The first-order chi connectivity index (χ1) is 10.3. The van der Waals surface area contributed by atoms with Gasteiger partial charge in [-0.1, -0.05) is 37.1 Å². The maximum Gasteiger partial charge on any atom is 0.191 e. The zero-order chi connectivity index (χ0) is 15.3. The van der Waals surface area contributed by atoms with Crippen molar-refractivity contribution in [1.29, 1.82) is 0 Å². The number of nitrogens with one attached hydrogen (secondary N) is 2. The molecule has 0 aromatic heterocycles. The monoisotopic (exact) mass is 439 g/mol. The predicted octanol–water partition coefficient (Wildman–Crippen LogP) is 3.83. The van der Waals surface area contributed by atoms with Crippen LogP contribution < -0.4 is 10.6 Å². The number of hydrogen-bond donors (Lipinski definition) is 2. The molecule has 22 heavy (non-hydrogen) atoms. The molecule has 0 aliphatic heterocycles. The molecule has 0 atom stereocenters. The Bertz CT molecular complexity index is 430. The number of halogens is 2. The summed E-state index contributed by atoms with van der Waals surface area (Å²) in [5.41, 5.74) is 1.13. The molecule has 0 saturated carbocycles. The molecule has 0 radical (unpaired) electrons. The van der Waals surface area contributed by atoms with Crippen molar-refractivity contribution >= 4 is 41.5 Å². The Hall–Kier alpha value is -0.530. The molecule has 2 N–H and O–H groups in total. The first kappa shape index (κ1) is 21.5. The van der Waals surface area contributed by atoms with Crippen molar-refractivity contribution in [2.24, 2.45) is 4.99 Å². The van der Waals surface area contributed by atoms with E-state index in [1.807, 2.05) is 24.3 Å². The minimum Gasteiger partial charge on any atom is -0.381 e. The van der Waals surface area contributed by atoms with Crippen LogP contribution in [0.1, 0.15) is 31.7 Å². The third-order valence-electron chi connectivity index (χ3n) is 2.97. The Morgan fingerprint density at radius 1 is 1.23 bits per heavy atom. The van der Waals surface area contributed by atoms with E-state index >= 15 is 0 Å². The van der Waals surface area contributed by atoms with Gasteiger partial charge in [-0.15, -0.1) is 24.0 Å². The van der Waals surface area contributed by atoms with E-state index in [1.165, 1.54) is 6.42 Å². The molecule has 126 valence electrons. The van der Waals surface area contributed by atoms with E-state index in [-0.39, 0.29) is 24.0 Å². The van der Waals surface area contributed by atoms with Gasteiger partial charge in [0.25, 0.3) is 0 Å². The highest BCUT2D eigenvalue weighted by Gasteiger charge is 1.98. The number of hydrogen-bond acceptors (Lipinski definition) is 2. The van der Waals surface area contributed by atoms with Crippen LogP contribution in [0.3, 0.4) is 0 Å². The molecule has 0 heterocycles. The van der Waals surface area contributed by atoms with Gasteiger partial charge in [-0.2, -0.15) is 0 Å². The molecule has 0 spiro atoms. The highest BCUT2D eigenvalue weighted by molar-refractivity contribution is 14.0. The van der Waals surface area contributed by atoms with E-state index in [2.05, 4.69) is 22.5 Å². The first-order valence-corrected chi connectivity index (χ1v) is 7.90. The maximum atomic E-state index is 5.96. The average molecular weight is 440 g/mol. The fourth-order valence-electron chi connectivity index (χ4n) is 1.78. The maximum absolute atomic E-state index is 5.96. The lowest BCUT2D eigenvalue weighted by molar-refractivity contribution is 0.129. The van der Waals surface area contributed by atoms with Crippen LogP contribution in [0.25, 0.3) is 0 Å². The van der Waals surface area contributed by atoms with Gasteiger partial charge in [-0.25, -0.2) is 0 Å². The van der Waals surface area contributed by atoms with Crippen LogP contribution in [-0.2, 0) is 11.3 Å². The highest BCUT2D eigenvalue weighted by Crippen LogP contribution is 2.10. The van der Waals surface area contributed by atoms with Crippen molar-refractivity contribution in [3.63, 3.8) is 0 Å². The molecule has 6 heteroatoms. The number of guanidine groups is 1. The summed E-state index contributed by atoms with van der Waals surface area (Å²) >= 11 is 5.96. The van der Waals surface area contributed by atoms with Crippen LogP contribution in [0.2, 0.25) is 5.02 Å². The summed E-state index contributed by atoms with van der Waals surface area (Å²) in [7, 11) is 1.77. The summed E-state index contributed by atoms with van der Waals surface area (Å²) in [6.45, 7) is 5.37. The molecule has 0 fully saturated rings. The summed E-state index contributed by atoms with van der Waals surface area (Å²) in [6, 6.07) is 7.80. The van der Waals surface area contributed by atoms with Gasteiger partial charge in [0.05, 0.1) is 0 Å². The quantitative estimate of drug-likeness (QED) is 0.266. The van der Waals surface area contributed by atoms with Crippen LogP contribution >= 0.6 is 35.6 Å². The largest absolute Gasteiger partial charge is 0.381 e. The fraction of sp³-hybridized carbons (Fsp3) is 0.562. The Kier molecular flexibility index (Phi) is 13.7. The van der Waals surface area contributed by atoms with Gasteiger partial charge >= 0.3 is 0 Å². The Morgan fingerprint density at radius 3 is 2.68 bits per heavy atom. The van der Waals surface area contributed by atoms with Gasteiger partial charge in [-0.05, 0) is 30.5 Å². The smallest absolute Gasteiger partial charge is 0.191 e. The molecular formula is C16H27ClIN3O. The molecule has 1 aromatic rings. The highest BCUT2D eigenvalue weighted by atomic mass is 127. The molecule has 4 nitrogen and oxygen atoms in total. The van der Waals surface area contributed by atoms with E-state index in [0.29, 0.717) is 6.54 Å². The molecule has 0 unspecified atom stereocenters. The minimum absolute atomic E-state index is 0. The Labute approximate surface area is 156 Å². The lowest BCUT2D eigenvalue weighted by Gasteiger charge is -2.12. The van der Waals surface area contributed by atoms with Gasteiger partial charge in [-0.3, -0.25) is 4.99 Å². The lowest BCUT2D eigenvalue weighted by atomic mass is 10.2. The number of rotatable bonds is 9. The molecule has 0 aliphatic carbocycles. The molecule has 0 bridgehead atoms. The van der Waals surface area contributed by atoms with Gasteiger partial charge in [0.2, 0.25) is 0 Å². The first-order valence-electron chi connectivity index (χ1n) is 7.53. The number of unbranched alkanes of at least 4 members (excludes halogenated alkanes) is 1. The number of aliphatic imine (C=N–C) groups is 1. The Morgan fingerprint density at radius 2 is 2.00 bits per heavy atom.